The number of aromatic nitrogens is 1. The number of nitriles is 1. The van der Waals surface area contributed by atoms with E-state index in [1.807, 2.05) is 13.8 Å². The number of rotatable bonds is 2. The Morgan fingerprint density at radius 3 is 2.79 bits per heavy atom. The van der Waals surface area contributed by atoms with Crippen LogP contribution in [0.4, 0.5) is 5.00 Å². The van der Waals surface area contributed by atoms with Crippen LogP contribution in [0.3, 0.4) is 0 Å². The standard InChI is InChI=1S/C13H10ClN3OS/c1-7-8(2)19-13(10(7)5-15)17-12(18)9-3-4-11(14)16-6-9/h3-4,6H,1-2H3,(H,17,18). The van der Waals surface area contributed by atoms with Gasteiger partial charge in [0.15, 0.2) is 0 Å². The van der Waals surface area contributed by atoms with Crippen LogP contribution in [-0.4, -0.2) is 10.9 Å². The highest BCUT2D eigenvalue weighted by Gasteiger charge is 2.15. The molecule has 19 heavy (non-hydrogen) atoms. The van der Waals surface area contributed by atoms with Gasteiger partial charge in [-0.2, -0.15) is 5.26 Å². The van der Waals surface area contributed by atoms with Gasteiger partial charge < -0.3 is 5.32 Å². The monoisotopic (exact) mass is 291 g/mol. The molecular weight excluding hydrogens is 282 g/mol. The van der Waals surface area contributed by atoms with Crippen LogP contribution in [0, 0.1) is 25.2 Å². The Bertz CT molecular complexity index is 670. The number of halogens is 1. The summed E-state index contributed by atoms with van der Waals surface area (Å²) in [6, 6.07) is 5.25. The highest BCUT2D eigenvalue weighted by atomic mass is 35.5. The third-order valence-corrected chi connectivity index (χ3v) is 4.06. The zero-order valence-corrected chi connectivity index (χ0v) is 11.9. The van der Waals surface area contributed by atoms with Gasteiger partial charge in [0.1, 0.15) is 16.2 Å². The topological polar surface area (TPSA) is 65.8 Å². The number of hydrogen-bond acceptors (Lipinski definition) is 4. The van der Waals surface area contributed by atoms with Crippen LogP contribution in [0.15, 0.2) is 18.3 Å². The van der Waals surface area contributed by atoms with Crippen molar-refractivity contribution < 1.29 is 4.79 Å². The minimum atomic E-state index is -0.304. The summed E-state index contributed by atoms with van der Waals surface area (Å²) >= 11 is 7.06. The predicted octanol–water partition coefficient (Wildman–Crippen LogP) is 3.54. The van der Waals surface area contributed by atoms with E-state index >= 15 is 0 Å². The molecular formula is C13H10ClN3OS. The summed E-state index contributed by atoms with van der Waals surface area (Å²) in [6.45, 7) is 3.78. The number of carbonyl (C=O) groups excluding carboxylic acids is 1. The van der Waals surface area contributed by atoms with Crippen molar-refractivity contribution in [3.63, 3.8) is 0 Å². The van der Waals surface area contributed by atoms with Gasteiger partial charge in [-0.1, -0.05) is 11.6 Å². The van der Waals surface area contributed by atoms with Crippen LogP contribution in [0.5, 0.6) is 0 Å². The first-order chi connectivity index (χ1) is 9.02. The van der Waals surface area contributed by atoms with Crippen molar-refractivity contribution in [3.05, 3.63) is 45.1 Å². The molecule has 0 bridgehead atoms. The van der Waals surface area contributed by atoms with Crippen LogP contribution in [-0.2, 0) is 0 Å². The molecule has 2 aromatic rings. The van der Waals surface area contributed by atoms with E-state index in [0.717, 1.165) is 10.4 Å². The molecule has 0 aliphatic carbocycles. The van der Waals surface area contributed by atoms with E-state index in [1.165, 1.54) is 17.5 Å². The van der Waals surface area contributed by atoms with Gasteiger partial charge in [-0.3, -0.25) is 4.79 Å². The number of thiophene rings is 1. The highest BCUT2D eigenvalue weighted by molar-refractivity contribution is 7.16. The van der Waals surface area contributed by atoms with E-state index in [1.54, 1.807) is 12.1 Å². The van der Waals surface area contributed by atoms with Crippen LogP contribution in [0.1, 0.15) is 26.4 Å². The van der Waals surface area contributed by atoms with Crippen molar-refractivity contribution in [2.24, 2.45) is 0 Å². The predicted molar refractivity (Wildman–Crippen MR) is 75.7 cm³/mol. The molecule has 0 radical (unpaired) electrons. The number of amides is 1. The molecule has 6 heteroatoms. The average molecular weight is 292 g/mol. The number of nitrogens with one attached hydrogen (secondary N) is 1. The van der Waals surface area contributed by atoms with Gasteiger partial charge in [-0.15, -0.1) is 11.3 Å². The fourth-order valence-electron chi connectivity index (χ4n) is 1.54. The van der Waals surface area contributed by atoms with Gasteiger partial charge in [0.25, 0.3) is 5.91 Å². The molecule has 1 N–H and O–H groups in total. The first kappa shape index (κ1) is 13.5. The summed E-state index contributed by atoms with van der Waals surface area (Å²) < 4.78 is 0. The lowest BCUT2D eigenvalue weighted by molar-refractivity contribution is 0.102. The Morgan fingerprint density at radius 1 is 1.47 bits per heavy atom. The normalized spacial score (nSPS) is 10.0. The Labute approximate surface area is 119 Å². The van der Waals surface area contributed by atoms with Crippen molar-refractivity contribution in [1.82, 2.24) is 4.98 Å². The van der Waals surface area contributed by atoms with E-state index in [-0.39, 0.29) is 5.91 Å². The fraction of sp³-hybridized carbons (Fsp3) is 0.154. The number of hydrogen-bond donors (Lipinski definition) is 1. The largest absolute Gasteiger partial charge is 0.312 e. The van der Waals surface area contributed by atoms with E-state index in [0.29, 0.717) is 21.3 Å². The zero-order chi connectivity index (χ0) is 14.0. The molecule has 0 aliphatic heterocycles. The van der Waals surface area contributed by atoms with Crippen LogP contribution in [0.2, 0.25) is 5.15 Å². The van der Waals surface area contributed by atoms with Gasteiger partial charge in [-0.25, -0.2) is 4.98 Å². The molecule has 96 valence electrons. The number of carbonyl (C=O) groups is 1. The maximum absolute atomic E-state index is 12.0. The smallest absolute Gasteiger partial charge is 0.257 e. The molecule has 0 saturated carbocycles. The molecule has 0 aromatic carbocycles. The van der Waals surface area contributed by atoms with Crippen LogP contribution in [0.25, 0.3) is 0 Å². The molecule has 4 nitrogen and oxygen atoms in total. The molecule has 0 unspecified atom stereocenters. The van der Waals surface area contributed by atoms with E-state index < -0.39 is 0 Å². The van der Waals surface area contributed by atoms with Gasteiger partial charge in [-0.05, 0) is 31.5 Å². The molecule has 1 amide bonds. The summed E-state index contributed by atoms with van der Waals surface area (Å²) in [7, 11) is 0. The lowest BCUT2D eigenvalue weighted by Crippen LogP contribution is -2.11. The highest BCUT2D eigenvalue weighted by Crippen LogP contribution is 2.31. The van der Waals surface area contributed by atoms with E-state index in [9.17, 15) is 4.79 Å². The lowest BCUT2D eigenvalue weighted by atomic mass is 10.2. The summed E-state index contributed by atoms with van der Waals surface area (Å²) in [4.78, 5) is 16.9. The van der Waals surface area contributed by atoms with Crippen molar-refractivity contribution in [2.75, 3.05) is 5.32 Å². The van der Waals surface area contributed by atoms with Crippen molar-refractivity contribution in [3.8, 4) is 6.07 Å². The van der Waals surface area contributed by atoms with Crippen LogP contribution < -0.4 is 5.32 Å². The number of nitrogens with zero attached hydrogens (tertiary/aromatic N) is 2. The molecule has 0 fully saturated rings. The first-order valence-electron chi connectivity index (χ1n) is 5.46. The van der Waals surface area contributed by atoms with Gasteiger partial charge in [0.2, 0.25) is 0 Å². The molecule has 2 aromatic heterocycles. The molecule has 0 spiro atoms. The third kappa shape index (κ3) is 2.75. The molecule has 0 saturated heterocycles. The van der Waals surface area contributed by atoms with Crippen molar-refractivity contribution >= 4 is 33.8 Å². The summed E-state index contributed by atoms with van der Waals surface area (Å²) in [5, 5.41) is 12.7. The number of pyridine rings is 1. The van der Waals surface area contributed by atoms with Crippen molar-refractivity contribution in [2.45, 2.75) is 13.8 Å². The second-order valence-corrected chi connectivity index (χ2v) is 5.53. The van der Waals surface area contributed by atoms with Crippen LogP contribution >= 0.6 is 22.9 Å². The van der Waals surface area contributed by atoms with E-state index in [4.69, 9.17) is 16.9 Å². The third-order valence-electron chi connectivity index (χ3n) is 2.71. The number of aryl methyl sites for hydroxylation is 1. The minimum absolute atomic E-state index is 0.304. The Morgan fingerprint density at radius 2 is 2.21 bits per heavy atom. The first-order valence-corrected chi connectivity index (χ1v) is 6.65. The molecule has 0 atom stereocenters. The minimum Gasteiger partial charge on any atom is -0.312 e. The van der Waals surface area contributed by atoms with Gasteiger partial charge in [0, 0.05) is 11.1 Å². The summed E-state index contributed by atoms with van der Waals surface area (Å²) in [5.74, 6) is -0.304. The summed E-state index contributed by atoms with van der Waals surface area (Å²) in [6.07, 6.45) is 1.40. The van der Waals surface area contributed by atoms with Gasteiger partial charge >= 0.3 is 0 Å². The Kier molecular flexibility index (Phi) is 3.84. The average Bonchev–Trinajstić information content (AvgIpc) is 2.65. The lowest BCUT2D eigenvalue weighted by Gasteiger charge is -2.03. The SMILES string of the molecule is Cc1sc(NC(=O)c2ccc(Cl)nc2)c(C#N)c1C. The van der Waals surface area contributed by atoms with Gasteiger partial charge in [0.05, 0.1) is 11.1 Å². The second kappa shape index (κ2) is 5.39. The molecule has 0 aliphatic rings. The summed E-state index contributed by atoms with van der Waals surface area (Å²) in [5.41, 5.74) is 1.81. The Balaban J connectivity index is 2.27. The van der Waals surface area contributed by atoms with Crippen molar-refractivity contribution in [1.29, 1.82) is 5.26 Å². The number of anilines is 1. The zero-order valence-electron chi connectivity index (χ0n) is 10.3. The quantitative estimate of drug-likeness (QED) is 0.861. The second-order valence-electron chi connectivity index (χ2n) is 3.92. The molecule has 2 rings (SSSR count). The molecule has 2 heterocycles. The fourth-order valence-corrected chi connectivity index (χ4v) is 2.65. The maximum Gasteiger partial charge on any atom is 0.257 e. The maximum atomic E-state index is 12.0. The van der Waals surface area contributed by atoms with E-state index in [2.05, 4.69) is 16.4 Å². The Hall–Kier alpha value is -1.90.